The molecule has 2 aromatic carbocycles. The Labute approximate surface area is 212 Å². The normalized spacial score (nSPS) is 17.7. The van der Waals surface area contributed by atoms with Crippen molar-refractivity contribution in [3.63, 3.8) is 0 Å². The van der Waals surface area contributed by atoms with E-state index in [1.54, 1.807) is 18.2 Å². The lowest BCUT2D eigenvalue weighted by molar-refractivity contribution is 0.103. The van der Waals surface area contributed by atoms with E-state index in [9.17, 15) is 9.18 Å². The van der Waals surface area contributed by atoms with Crippen LogP contribution in [0.1, 0.15) is 23.5 Å². The molecule has 8 nitrogen and oxygen atoms in total. The van der Waals surface area contributed by atoms with Crippen molar-refractivity contribution in [1.29, 1.82) is 0 Å². The number of nitrogens with zero attached hydrogens (tertiary/aromatic N) is 3. The molecule has 1 amide bonds. The Morgan fingerprint density at radius 2 is 1.94 bits per heavy atom. The van der Waals surface area contributed by atoms with Crippen LogP contribution in [0, 0.1) is 5.82 Å². The lowest BCUT2D eigenvalue weighted by Gasteiger charge is -2.36. The Morgan fingerprint density at radius 1 is 1.17 bits per heavy atom. The van der Waals surface area contributed by atoms with Crippen molar-refractivity contribution in [2.45, 2.75) is 25.9 Å². The number of hydrogen-bond donors (Lipinski definition) is 3. The zero-order valence-electron chi connectivity index (χ0n) is 20.2. The number of rotatable bonds is 6. The Morgan fingerprint density at radius 3 is 2.69 bits per heavy atom. The van der Waals surface area contributed by atoms with Gasteiger partial charge in [0.05, 0.1) is 23.9 Å². The number of carbonyl (C=O) groups excluding carboxylic acids is 1. The van der Waals surface area contributed by atoms with E-state index in [-0.39, 0.29) is 23.8 Å². The summed E-state index contributed by atoms with van der Waals surface area (Å²) in [4.78, 5) is 24.1. The number of amides is 1. The van der Waals surface area contributed by atoms with Gasteiger partial charge in [0.1, 0.15) is 5.75 Å². The monoisotopic (exact) mass is 506 g/mol. The molecule has 1 fully saturated rings. The van der Waals surface area contributed by atoms with Crippen LogP contribution < -0.4 is 25.6 Å². The van der Waals surface area contributed by atoms with Crippen LogP contribution >= 0.6 is 11.3 Å². The fourth-order valence-corrected chi connectivity index (χ4v) is 5.33. The number of benzene rings is 2. The molecule has 0 bridgehead atoms. The van der Waals surface area contributed by atoms with Gasteiger partial charge in [-0.15, -0.1) is 11.3 Å². The first-order valence-electron chi connectivity index (χ1n) is 11.7. The maximum Gasteiger partial charge on any atom is 0.265 e. The second-order valence-electron chi connectivity index (χ2n) is 8.88. The number of aromatic nitrogens is 2. The van der Waals surface area contributed by atoms with Crippen molar-refractivity contribution in [3.8, 4) is 5.75 Å². The molecule has 186 valence electrons. The highest BCUT2D eigenvalue weighted by atomic mass is 32.1. The van der Waals surface area contributed by atoms with Crippen molar-refractivity contribution in [2.24, 2.45) is 0 Å². The van der Waals surface area contributed by atoms with Gasteiger partial charge in [-0.3, -0.25) is 4.79 Å². The summed E-state index contributed by atoms with van der Waals surface area (Å²) in [5, 5.41) is 10.4. The van der Waals surface area contributed by atoms with E-state index in [2.05, 4.69) is 39.8 Å². The summed E-state index contributed by atoms with van der Waals surface area (Å²) in [7, 11) is 1.52. The summed E-state index contributed by atoms with van der Waals surface area (Å²) >= 11 is 1.43. The summed E-state index contributed by atoms with van der Waals surface area (Å²) in [5.41, 5.74) is 1.08. The van der Waals surface area contributed by atoms with Gasteiger partial charge in [-0.05, 0) is 43.5 Å². The number of methoxy groups -OCH3 is 1. The quantitative estimate of drug-likeness (QED) is 0.338. The topological polar surface area (TPSA) is 91.4 Å². The minimum Gasteiger partial charge on any atom is -0.494 e. The molecule has 2 aromatic heterocycles. The summed E-state index contributed by atoms with van der Waals surface area (Å²) in [6, 6.07) is 15.4. The smallest absolute Gasteiger partial charge is 0.265 e. The van der Waals surface area contributed by atoms with Gasteiger partial charge < -0.3 is 25.6 Å². The lowest BCUT2D eigenvalue weighted by Crippen LogP contribution is -2.54. The average Bonchev–Trinajstić information content (AvgIpc) is 3.30. The molecule has 0 aliphatic carbocycles. The minimum absolute atomic E-state index is 0.0722. The fraction of sp³-hybridized carbons (Fsp3) is 0.269. The van der Waals surface area contributed by atoms with Gasteiger partial charge >= 0.3 is 0 Å². The molecule has 0 spiro atoms. The molecule has 0 saturated carbocycles. The van der Waals surface area contributed by atoms with Gasteiger partial charge in [0.15, 0.2) is 11.6 Å². The van der Waals surface area contributed by atoms with E-state index < -0.39 is 5.82 Å². The summed E-state index contributed by atoms with van der Waals surface area (Å²) < 4.78 is 21.1. The molecule has 1 saturated heterocycles. The number of anilines is 4. The summed E-state index contributed by atoms with van der Waals surface area (Å²) in [6.07, 6.45) is 1.18. The number of nitrogens with one attached hydrogen (secondary N) is 3. The molecule has 10 heteroatoms. The molecule has 4 aromatic rings. The van der Waals surface area contributed by atoms with Gasteiger partial charge in [0.2, 0.25) is 5.95 Å². The summed E-state index contributed by atoms with van der Waals surface area (Å²) in [5.74, 6) is 0.201. The number of fused-ring (bicyclic) bond motifs is 1. The predicted octanol–water partition coefficient (Wildman–Crippen LogP) is 5.02. The zero-order chi connectivity index (χ0) is 25.2. The number of carbonyl (C=O) groups is 1. The maximum absolute atomic E-state index is 14.6. The molecule has 0 unspecified atom stereocenters. The number of piperazine rings is 1. The number of hydrogen-bond acceptors (Lipinski definition) is 8. The number of halogens is 1. The van der Waals surface area contributed by atoms with Gasteiger partial charge in [-0.25, -0.2) is 9.37 Å². The van der Waals surface area contributed by atoms with E-state index in [1.807, 2.05) is 35.2 Å². The highest BCUT2D eigenvalue weighted by molar-refractivity contribution is 7.20. The van der Waals surface area contributed by atoms with Crippen LogP contribution in [0.2, 0.25) is 0 Å². The second-order valence-corrected chi connectivity index (χ2v) is 9.97. The summed E-state index contributed by atoms with van der Waals surface area (Å²) in [6.45, 7) is 5.66. The Balaban J connectivity index is 1.34. The highest BCUT2D eigenvalue weighted by Crippen LogP contribution is 2.32. The molecule has 2 atom stereocenters. The van der Waals surface area contributed by atoms with Crippen molar-refractivity contribution in [2.75, 3.05) is 35.7 Å². The molecular formula is C26H27FN6O2S. The molecule has 5 rings (SSSR count). The van der Waals surface area contributed by atoms with E-state index in [4.69, 9.17) is 4.74 Å². The van der Waals surface area contributed by atoms with E-state index in [1.165, 1.54) is 24.6 Å². The predicted molar refractivity (Wildman–Crippen MR) is 142 cm³/mol. The third kappa shape index (κ3) is 5.09. The van der Waals surface area contributed by atoms with Crippen LogP contribution in [0.15, 0.2) is 54.7 Å². The molecule has 1 aliphatic heterocycles. The van der Waals surface area contributed by atoms with Crippen LogP contribution in [0.25, 0.3) is 10.1 Å². The van der Waals surface area contributed by atoms with Crippen molar-refractivity contribution < 1.29 is 13.9 Å². The van der Waals surface area contributed by atoms with Crippen molar-refractivity contribution >= 4 is 50.5 Å². The van der Waals surface area contributed by atoms with Crippen LogP contribution in [0.3, 0.4) is 0 Å². The molecule has 3 heterocycles. The van der Waals surface area contributed by atoms with Crippen LogP contribution in [-0.2, 0) is 0 Å². The fourth-order valence-electron chi connectivity index (χ4n) is 4.37. The molecule has 36 heavy (non-hydrogen) atoms. The lowest BCUT2D eigenvalue weighted by atomic mass is 10.1. The molecule has 3 N–H and O–H groups in total. The van der Waals surface area contributed by atoms with Gasteiger partial charge in [0, 0.05) is 41.6 Å². The Bertz CT molecular complexity index is 1370. The number of thiophene rings is 1. The van der Waals surface area contributed by atoms with Crippen LogP contribution in [0.4, 0.5) is 27.5 Å². The standard InChI is InChI=1S/C26H27FN6O2S/c1-15-13-33(14-16(2)29-15)26-28-12-19(27)24(32-26)30-18-8-9-20(21(11-18)35-3)31-25(34)23-10-17-6-4-5-7-22(17)36-23/h4-12,15-16,29H,13-14H2,1-3H3,(H,31,34)(H,28,30,32)/t15-,16+. The Kier molecular flexibility index (Phi) is 6.71. The first-order chi connectivity index (χ1) is 17.4. The first-order valence-corrected chi connectivity index (χ1v) is 12.5. The zero-order valence-corrected chi connectivity index (χ0v) is 21.0. The first kappa shape index (κ1) is 24.0. The molecular weight excluding hydrogens is 479 g/mol. The van der Waals surface area contributed by atoms with Gasteiger partial charge in [-0.2, -0.15) is 4.98 Å². The third-order valence-corrected chi connectivity index (χ3v) is 7.05. The molecule has 0 radical (unpaired) electrons. The largest absolute Gasteiger partial charge is 0.494 e. The highest BCUT2D eigenvalue weighted by Gasteiger charge is 2.24. The van der Waals surface area contributed by atoms with Crippen LogP contribution in [-0.4, -0.2) is 48.2 Å². The maximum atomic E-state index is 14.6. The molecule has 1 aliphatic rings. The second kappa shape index (κ2) is 10.1. The van der Waals surface area contributed by atoms with E-state index >= 15 is 0 Å². The van der Waals surface area contributed by atoms with Gasteiger partial charge in [0.25, 0.3) is 5.91 Å². The average molecular weight is 507 g/mol. The van der Waals surface area contributed by atoms with Gasteiger partial charge in [-0.1, -0.05) is 18.2 Å². The van der Waals surface area contributed by atoms with Crippen molar-refractivity contribution in [3.05, 3.63) is 65.4 Å². The Hall–Kier alpha value is -3.76. The van der Waals surface area contributed by atoms with E-state index in [0.29, 0.717) is 27.9 Å². The van der Waals surface area contributed by atoms with E-state index in [0.717, 1.165) is 23.2 Å². The van der Waals surface area contributed by atoms with Crippen LogP contribution in [0.5, 0.6) is 5.75 Å². The SMILES string of the molecule is COc1cc(Nc2nc(N3C[C@@H](C)N[C@@H](C)C3)ncc2F)ccc1NC(=O)c1cc2ccccc2s1. The minimum atomic E-state index is -0.559. The third-order valence-electron chi connectivity index (χ3n) is 5.93. The van der Waals surface area contributed by atoms with Crippen molar-refractivity contribution in [1.82, 2.24) is 15.3 Å². The number of ether oxygens (including phenoxy) is 1.